The lowest BCUT2D eigenvalue weighted by Crippen LogP contribution is -1.98. The summed E-state index contributed by atoms with van der Waals surface area (Å²) in [5, 5.41) is 0. The van der Waals surface area contributed by atoms with Crippen LogP contribution in [0.3, 0.4) is 0 Å². The van der Waals surface area contributed by atoms with Gasteiger partial charge in [-0.05, 0) is 37.7 Å². The molecule has 0 unspecified atom stereocenters. The van der Waals surface area contributed by atoms with E-state index in [0.717, 1.165) is 38.7 Å². The normalized spacial score (nSPS) is 10.6. The first kappa shape index (κ1) is 15.8. The van der Waals surface area contributed by atoms with Gasteiger partial charge in [0.05, 0.1) is 0 Å². The highest BCUT2D eigenvalue weighted by Gasteiger charge is 1.97. The molecule has 0 aromatic heterocycles. The molecule has 0 heterocycles. The lowest BCUT2D eigenvalue weighted by atomic mass is 10.1. The second kappa shape index (κ2) is 10.7. The number of halogens is 1. The molecule has 0 aliphatic heterocycles. The van der Waals surface area contributed by atoms with Crippen LogP contribution in [0.4, 0.5) is 4.39 Å². The zero-order chi connectivity index (χ0) is 13.8. The van der Waals surface area contributed by atoms with Crippen molar-refractivity contribution < 1.29 is 13.9 Å². The van der Waals surface area contributed by atoms with Crippen LogP contribution < -0.4 is 0 Å². The van der Waals surface area contributed by atoms with E-state index in [9.17, 15) is 9.18 Å². The maximum atomic E-state index is 11.9. The van der Waals surface area contributed by atoms with Crippen molar-refractivity contribution in [1.82, 2.24) is 0 Å². The van der Waals surface area contributed by atoms with Crippen LogP contribution in [-0.4, -0.2) is 19.3 Å². The Morgan fingerprint density at radius 1 is 0.947 bits per heavy atom. The largest absolute Gasteiger partial charge is 0.381 e. The van der Waals surface area contributed by atoms with E-state index in [4.69, 9.17) is 4.74 Å². The number of unbranched alkanes of at least 4 members (excludes halogenated alkanes) is 3. The third kappa shape index (κ3) is 9.37. The van der Waals surface area contributed by atoms with Crippen molar-refractivity contribution in [3.8, 4) is 0 Å². The monoisotopic (exact) mass is 266 g/mol. The SMILES string of the molecule is O=C(F)CCCCCOCCCCc1ccccc1. The van der Waals surface area contributed by atoms with Crippen molar-refractivity contribution in [2.24, 2.45) is 0 Å². The van der Waals surface area contributed by atoms with Gasteiger partial charge in [-0.15, -0.1) is 0 Å². The molecule has 0 aliphatic carbocycles. The highest BCUT2D eigenvalue weighted by molar-refractivity contribution is 5.67. The predicted molar refractivity (Wildman–Crippen MR) is 74.8 cm³/mol. The Kier molecular flexibility index (Phi) is 8.90. The highest BCUT2D eigenvalue weighted by atomic mass is 19.1. The minimum atomic E-state index is -1.21. The van der Waals surface area contributed by atoms with Crippen LogP contribution in [0.5, 0.6) is 0 Å². The highest BCUT2D eigenvalue weighted by Crippen LogP contribution is 2.05. The van der Waals surface area contributed by atoms with Gasteiger partial charge in [0.1, 0.15) is 0 Å². The summed E-state index contributed by atoms with van der Waals surface area (Å²) in [6.45, 7) is 1.50. The van der Waals surface area contributed by atoms with E-state index in [1.54, 1.807) is 0 Å². The van der Waals surface area contributed by atoms with Crippen molar-refractivity contribution in [3.05, 3.63) is 35.9 Å². The molecular weight excluding hydrogens is 243 g/mol. The van der Waals surface area contributed by atoms with E-state index in [-0.39, 0.29) is 6.42 Å². The molecule has 0 saturated carbocycles. The van der Waals surface area contributed by atoms with E-state index in [2.05, 4.69) is 24.3 Å². The fourth-order valence-electron chi connectivity index (χ4n) is 1.92. The van der Waals surface area contributed by atoms with Crippen LogP contribution >= 0.6 is 0 Å². The first-order valence-corrected chi connectivity index (χ1v) is 7.09. The van der Waals surface area contributed by atoms with Gasteiger partial charge in [0.15, 0.2) is 0 Å². The summed E-state index contributed by atoms with van der Waals surface area (Å²) < 4.78 is 17.4. The topological polar surface area (TPSA) is 26.3 Å². The number of hydrogen-bond donors (Lipinski definition) is 0. The summed E-state index contributed by atoms with van der Waals surface area (Å²) in [6, 6.07) is 9.24. The lowest BCUT2D eigenvalue weighted by molar-refractivity contribution is -0.129. The Hall–Kier alpha value is -1.22. The second-order valence-corrected chi connectivity index (χ2v) is 4.72. The van der Waals surface area contributed by atoms with E-state index in [1.165, 1.54) is 5.56 Å². The van der Waals surface area contributed by atoms with Crippen LogP contribution in [0.1, 0.15) is 44.1 Å². The molecule has 0 aliphatic rings. The Balaban J connectivity index is 1.83. The number of carbonyl (C=O) groups is 1. The standard InChI is InChI=1S/C16H23FO2/c17-16(18)12-5-2-7-13-19-14-8-6-11-15-9-3-1-4-10-15/h1,3-4,9-10H,2,5-8,11-14H2. The Morgan fingerprint density at radius 2 is 1.63 bits per heavy atom. The van der Waals surface area contributed by atoms with E-state index < -0.39 is 6.04 Å². The summed E-state index contributed by atoms with van der Waals surface area (Å²) in [5.41, 5.74) is 1.37. The molecular formula is C16H23FO2. The Bertz CT molecular complexity index is 338. The molecule has 0 radical (unpaired) electrons. The minimum absolute atomic E-state index is 0.0527. The average Bonchev–Trinajstić information content (AvgIpc) is 2.42. The molecule has 0 amide bonds. The molecule has 2 nitrogen and oxygen atoms in total. The molecule has 0 N–H and O–H groups in total. The zero-order valence-corrected chi connectivity index (χ0v) is 11.4. The molecule has 19 heavy (non-hydrogen) atoms. The van der Waals surface area contributed by atoms with Crippen LogP contribution in [0, 0.1) is 0 Å². The number of hydrogen-bond acceptors (Lipinski definition) is 2. The summed E-state index contributed by atoms with van der Waals surface area (Å²) in [4.78, 5) is 10.1. The van der Waals surface area contributed by atoms with Gasteiger partial charge in [0, 0.05) is 19.6 Å². The van der Waals surface area contributed by atoms with Crippen molar-refractivity contribution in [1.29, 1.82) is 0 Å². The third-order valence-electron chi connectivity index (χ3n) is 3.01. The Morgan fingerprint density at radius 3 is 2.32 bits per heavy atom. The molecule has 0 atom stereocenters. The molecule has 0 fully saturated rings. The Labute approximate surface area is 115 Å². The first-order chi connectivity index (χ1) is 9.29. The fourth-order valence-corrected chi connectivity index (χ4v) is 1.92. The van der Waals surface area contributed by atoms with Crippen molar-refractivity contribution >= 4 is 6.04 Å². The van der Waals surface area contributed by atoms with Gasteiger partial charge in [0.25, 0.3) is 0 Å². The molecule has 106 valence electrons. The number of ether oxygens (including phenoxy) is 1. The smallest absolute Gasteiger partial charge is 0.301 e. The molecule has 1 aromatic rings. The van der Waals surface area contributed by atoms with Gasteiger partial charge in [-0.3, -0.25) is 4.79 Å². The minimum Gasteiger partial charge on any atom is -0.381 e. The number of carbonyl (C=O) groups excluding carboxylic acids is 1. The van der Waals surface area contributed by atoms with Crippen molar-refractivity contribution in [2.75, 3.05) is 13.2 Å². The molecule has 0 bridgehead atoms. The number of aryl methyl sites for hydroxylation is 1. The van der Waals surface area contributed by atoms with E-state index in [1.807, 2.05) is 6.07 Å². The number of benzene rings is 1. The summed E-state index contributed by atoms with van der Waals surface area (Å²) in [5.74, 6) is 0. The molecule has 0 saturated heterocycles. The van der Waals surface area contributed by atoms with Crippen LogP contribution in [-0.2, 0) is 16.0 Å². The van der Waals surface area contributed by atoms with Gasteiger partial charge >= 0.3 is 6.04 Å². The van der Waals surface area contributed by atoms with Crippen molar-refractivity contribution in [3.63, 3.8) is 0 Å². The second-order valence-electron chi connectivity index (χ2n) is 4.72. The average molecular weight is 266 g/mol. The maximum absolute atomic E-state index is 11.9. The first-order valence-electron chi connectivity index (χ1n) is 7.09. The molecule has 3 heteroatoms. The predicted octanol–water partition coefficient (Wildman–Crippen LogP) is 4.08. The molecule has 1 rings (SSSR count). The van der Waals surface area contributed by atoms with E-state index >= 15 is 0 Å². The fraction of sp³-hybridized carbons (Fsp3) is 0.562. The van der Waals surface area contributed by atoms with E-state index in [0.29, 0.717) is 13.0 Å². The van der Waals surface area contributed by atoms with Crippen LogP contribution in [0.25, 0.3) is 0 Å². The van der Waals surface area contributed by atoms with Crippen LogP contribution in [0.15, 0.2) is 30.3 Å². The molecule has 1 aromatic carbocycles. The van der Waals surface area contributed by atoms with Gasteiger partial charge in [-0.25, -0.2) is 0 Å². The van der Waals surface area contributed by atoms with Gasteiger partial charge in [-0.2, -0.15) is 4.39 Å². The quantitative estimate of drug-likeness (QED) is 0.445. The summed E-state index contributed by atoms with van der Waals surface area (Å²) >= 11 is 0. The maximum Gasteiger partial charge on any atom is 0.301 e. The van der Waals surface area contributed by atoms with Crippen LogP contribution in [0.2, 0.25) is 0 Å². The molecule has 0 spiro atoms. The third-order valence-corrected chi connectivity index (χ3v) is 3.01. The van der Waals surface area contributed by atoms with Gasteiger partial charge in [0.2, 0.25) is 0 Å². The lowest BCUT2D eigenvalue weighted by Gasteiger charge is -2.04. The zero-order valence-electron chi connectivity index (χ0n) is 11.4. The number of rotatable bonds is 11. The van der Waals surface area contributed by atoms with Crippen molar-refractivity contribution in [2.45, 2.75) is 44.9 Å². The van der Waals surface area contributed by atoms with Gasteiger partial charge < -0.3 is 4.74 Å². The summed E-state index contributed by atoms with van der Waals surface area (Å²) in [6.07, 6.45) is 5.76. The summed E-state index contributed by atoms with van der Waals surface area (Å²) in [7, 11) is 0. The van der Waals surface area contributed by atoms with Gasteiger partial charge in [-0.1, -0.05) is 36.8 Å².